The Labute approximate surface area is 187 Å². The number of aliphatic hydroxyl groups is 3. The molecule has 0 rings (SSSR count). The predicted octanol–water partition coefficient (Wildman–Crippen LogP) is 7.45. The molecule has 0 amide bonds. The highest BCUT2D eigenvalue weighted by atomic mass is 16.3. The van der Waals surface area contributed by atoms with Crippen LogP contribution in [0.5, 0.6) is 0 Å². The molecule has 0 saturated heterocycles. The summed E-state index contributed by atoms with van der Waals surface area (Å²) >= 11 is 0. The van der Waals surface area contributed by atoms with Crippen LogP contribution in [-0.4, -0.2) is 46.5 Å². The molecule has 3 N–H and O–H groups in total. The molecule has 0 saturated carbocycles. The summed E-state index contributed by atoms with van der Waals surface area (Å²) in [4.78, 5) is 1.90. The molecule has 0 fully saturated rings. The van der Waals surface area contributed by atoms with Gasteiger partial charge in [0, 0.05) is 6.54 Å². The summed E-state index contributed by atoms with van der Waals surface area (Å²) in [7, 11) is 0. The van der Waals surface area contributed by atoms with Crippen molar-refractivity contribution in [2.75, 3.05) is 26.2 Å². The van der Waals surface area contributed by atoms with Gasteiger partial charge in [0.1, 0.15) is 11.5 Å². The van der Waals surface area contributed by atoms with Gasteiger partial charge in [0.05, 0.1) is 19.7 Å². The fourth-order valence-corrected chi connectivity index (χ4v) is 3.68. The van der Waals surface area contributed by atoms with Crippen molar-refractivity contribution in [2.45, 2.75) is 117 Å². The van der Waals surface area contributed by atoms with Gasteiger partial charge in [0.2, 0.25) is 0 Å². The Morgan fingerprint density at radius 1 is 0.600 bits per heavy atom. The monoisotopic (exact) mass is 425 g/mol. The molecule has 0 aliphatic carbocycles. The molecule has 0 aromatic rings. The second-order valence-electron chi connectivity index (χ2n) is 8.65. The zero-order valence-electron chi connectivity index (χ0n) is 20.1. The first kappa shape index (κ1) is 29.0. The quantitative estimate of drug-likeness (QED) is 0.124. The van der Waals surface area contributed by atoms with E-state index in [1.807, 2.05) is 17.1 Å². The summed E-state index contributed by atoms with van der Waals surface area (Å²) in [6, 6.07) is 0. The SMILES string of the molecule is CCCCCCCCC/C=C(\O)CN(CCO)C/C(O)=C/CCCCCCCCC. The number of rotatable bonds is 22. The summed E-state index contributed by atoms with van der Waals surface area (Å²) in [6.45, 7) is 5.71. The van der Waals surface area contributed by atoms with Crippen molar-refractivity contribution in [3.8, 4) is 0 Å². The Hall–Kier alpha value is -1.00. The third-order valence-corrected chi connectivity index (χ3v) is 5.56. The fourth-order valence-electron chi connectivity index (χ4n) is 3.68. The van der Waals surface area contributed by atoms with E-state index in [0.29, 0.717) is 31.2 Å². The van der Waals surface area contributed by atoms with E-state index in [-0.39, 0.29) is 6.61 Å². The van der Waals surface area contributed by atoms with Gasteiger partial charge < -0.3 is 15.3 Å². The van der Waals surface area contributed by atoms with Crippen molar-refractivity contribution in [1.29, 1.82) is 0 Å². The van der Waals surface area contributed by atoms with E-state index in [9.17, 15) is 15.3 Å². The van der Waals surface area contributed by atoms with E-state index in [0.717, 1.165) is 25.7 Å². The highest BCUT2D eigenvalue weighted by Crippen LogP contribution is 2.11. The van der Waals surface area contributed by atoms with Crippen LogP contribution >= 0.6 is 0 Å². The maximum absolute atomic E-state index is 10.2. The van der Waals surface area contributed by atoms with Crippen molar-refractivity contribution in [1.82, 2.24) is 4.90 Å². The van der Waals surface area contributed by atoms with Crippen LogP contribution in [0.1, 0.15) is 117 Å². The van der Waals surface area contributed by atoms with Crippen LogP contribution in [0, 0.1) is 0 Å². The third-order valence-electron chi connectivity index (χ3n) is 5.56. The molecule has 0 aliphatic heterocycles. The Morgan fingerprint density at radius 3 is 1.33 bits per heavy atom. The maximum atomic E-state index is 10.2. The number of unbranched alkanes of at least 4 members (excludes halogenated alkanes) is 14. The summed E-state index contributed by atoms with van der Waals surface area (Å²) in [5, 5.41) is 29.7. The van der Waals surface area contributed by atoms with Crippen LogP contribution in [-0.2, 0) is 0 Å². The summed E-state index contributed by atoms with van der Waals surface area (Å²) < 4.78 is 0. The predicted molar refractivity (Wildman–Crippen MR) is 130 cm³/mol. The summed E-state index contributed by atoms with van der Waals surface area (Å²) in [5.74, 6) is 0.684. The number of hydrogen-bond acceptors (Lipinski definition) is 4. The first-order valence-electron chi connectivity index (χ1n) is 12.7. The van der Waals surface area contributed by atoms with E-state index in [2.05, 4.69) is 13.8 Å². The van der Waals surface area contributed by atoms with Gasteiger partial charge in [0.25, 0.3) is 0 Å². The fraction of sp³-hybridized carbons (Fsp3) is 0.846. The standard InChI is InChI=1S/C26H51NO3/c1-3-5-7-9-11-13-15-17-19-25(29)23-27(21-22-28)24-26(30)20-18-16-14-12-10-8-6-4-2/h19-20,28-30H,3-18,21-24H2,1-2H3/b25-19-,26-20-. The minimum atomic E-state index is 0.0239. The van der Waals surface area contributed by atoms with Crippen LogP contribution in [0.2, 0.25) is 0 Å². The van der Waals surface area contributed by atoms with E-state index in [1.54, 1.807) is 0 Å². The van der Waals surface area contributed by atoms with Gasteiger partial charge in [-0.2, -0.15) is 0 Å². The lowest BCUT2D eigenvalue weighted by Crippen LogP contribution is -2.31. The zero-order valence-corrected chi connectivity index (χ0v) is 20.1. The maximum Gasteiger partial charge on any atom is 0.102 e. The molecule has 178 valence electrons. The van der Waals surface area contributed by atoms with Gasteiger partial charge in [-0.25, -0.2) is 0 Å². The molecular formula is C26H51NO3. The highest BCUT2D eigenvalue weighted by molar-refractivity contribution is 4.98. The summed E-state index contributed by atoms with van der Waals surface area (Å²) in [5.41, 5.74) is 0. The third kappa shape index (κ3) is 20.3. The lowest BCUT2D eigenvalue weighted by atomic mass is 10.1. The molecule has 0 heterocycles. The Kier molecular flexibility index (Phi) is 21.9. The molecule has 30 heavy (non-hydrogen) atoms. The van der Waals surface area contributed by atoms with Crippen molar-refractivity contribution in [3.63, 3.8) is 0 Å². The minimum absolute atomic E-state index is 0.0239. The molecule has 0 aliphatic rings. The number of aliphatic hydroxyl groups excluding tert-OH is 3. The van der Waals surface area contributed by atoms with Crippen LogP contribution < -0.4 is 0 Å². The first-order chi connectivity index (χ1) is 14.6. The van der Waals surface area contributed by atoms with Crippen LogP contribution in [0.25, 0.3) is 0 Å². The van der Waals surface area contributed by atoms with Crippen molar-refractivity contribution in [2.24, 2.45) is 0 Å². The molecule has 0 unspecified atom stereocenters. The number of hydrogen-bond donors (Lipinski definition) is 3. The zero-order chi connectivity index (χ0) is 22.3. The highest BCUT2D eigenvalue weighted by Gasteiger charge is 2.09. The molecule has 0 radical (unpaired) electrons. The Bertz CT molecular complexity index is 385. The largest absolute Gasteiger partial charge is 0.511 e. The van der Waals surface area contributed by atoms with Gasteiger partial charge in [0.15, 0.2) is 0 Å². The molecule has 0 aromatic carbocycles. The average molecular weight is 426 g/mol. The molecule has 0 aromatic heterocycles. The normalized spacial score (nSPS) is 12.8. The van der Waals surface area contributed by atoms with Gasteiger partial charge in [-0.1, -0.05) is 90.9 Å². The topological polar surface area (TPSA) is 63.9 Å². The van der Waals surface area contributed by atoms with E-state index < -0.39 is 0 Å². The average Bonchev–Trinajstić information content (AvgIpc) is 2.72. The van der Waals surface area contributed by atoms with Crippen LogP contribution in [0.15, 0.2) is 23.7 Å². The van der Waals surface area contributed by atoms with Crippen molar-refractivity contribution >= 4 is 0 Å². The van der Waals surface area contributed by atoms with Gasteiger partial charge in [-0.05, 0) is 37.8 Å². The van der Waals surface area contributed by atoms with E-state index in [4.69, 9.17) is 0 Å². The van der Waals surface area contributed by atoms with Gasteiger partial charge >= 0.3 is 0 Å². The van der Waals surface area contributed by atoms with Crippen molar-refractivity contribution in [3.05, 3.63) is 23.7 Å². The number of nitrogens with zero attached hydrogens (tertiary/aromatic N) is 1. The van der Waals surface area contributed by atoms with Gasteiger partial charge in [-0.3, -0.25) is 4.90 Å². The number of allylic oxidation sites excluding steroid dienone is 2. The second kappa shape index (κ2) is 22.7. The Morgan fingerprint density at radius 2 is 0.967 bits per heavy atom. The molecule has 0 atom stereocenters. The minimum Gasteiger partial charge on any atom is -0.511 e. The second-order valence-corrected chi connectivity index (χ2v) is 8.65. The first-order valence-corrected chi connectivity index (χ1v) is 12.7. The molecule has 4 nitrogen and oxygen atoms in total. The molecule has 0 bridgehead atoms. The van der Waals surface area contributed by atoms with Gasteiger partial charge in [-0.15, -0.1) is 0 Å². The van der Waals surface area contributed by atoms with E-state index in [1.165, 1.54) is 77.0 Å². The Balaban J connectivity index is 4.01. The molecule has 4 heteroatoms. The van der Waals surface area contributed by atoms with Crippen LogP contribution in [0.4, 0.5) is 0 Å². The lowest BCUT2D eigenvalue weighted by Gasteiger charge is -2.20. The summed E-state index contributed by atoms with van der Waals surface area (Å²) in [6.07, 6.45) is 23.4. The molecule has 0 spiro atoms. The van der Waals surface area contributed by atoms with E-state index >= 15 is 0 Å². The smallest absolute Gasteiger partial charge is 0.102 e. The van der Waals surface area contributed by atoms with Crippen molar-refractivity contribution < 1.29 is 15.3 Å². The van der Waals surface area contributed by atoms with Crippen LogP contribution in [0.3, 0.4) is 0 Å². The lowest BCUT2D eigenvalue weighted by molar-refractivity contribution is 0.182. The molecular weight excluding hydrogens is 374 g/mol.